The van der Waals surface area contributed by atoms with E-state index in [1.54, 1.807) is 6.07 Å². The van der Waals surface area contributed by atoms with Gasteiger partial charge in [-0.25, -0.2) is 4.90 Å². The lowest BCUT2D eigenvalue weighted by Gasteiger charge is -2.39. The zero-order valence-electron chi connectivity index (χ0n) is 25.4. The Kier molecular flexibility index (Phi) is 6.42. The highest BCUT2D eigenvalue weighted by Gasteiger charge is 2.82. The van der Waals surface area contributed by atoms with Crippen molar-refractivity contribution in [1.29, 1.82) is 0 Å². The number of nitrogens with zero attached hydrogens (tertiary/aromatic N) is 1. The minimum absolute atomic E-state index is 0.118. The molecule has 0 spiro atoms. The number of anilines is 1. The Morgan fingerprint density at radius 2 is 0.913 bits per heavy atom. The summed E-state index contributed by atoms with van der Waals surface area (Å²) >= 11 is 3.60. The molecule has 0 radical (unpaired) electrons. The van der Waals surface area contributed by atoms with Gasteiger partial charge in [-0.3, -0.25) is 14.4 Å². The van der Waals surface area contributed by atoms with Crippen LogP contribution in [-0.2, 0) is 25.2 Å². The number of ketones is 1. The fraction of sp³-hybridized carbons (Fsp3) is 0.146. The Balaban J connectivity index is 1.57. The van der Waals surface area contributed by atoms with Crippen molar-refractivity contribution < 1.29 is 14.4 Å². The van der Waals surface area contributed by atoms with E-state index in [-0.39, 0.29) is 17.6 Å². The minimum atomic E-state index is -1.42. The number of allylic oxidation sites excluding steroid dienone is 2. The molecule has 4 atom stereocenters. The fourth-order valence-electron chi connectivity index (χ4n) is 8.44. The molecule has 3 aliphatic rings. The maximum absolute atomic E-state index is 16.0. The smallest absolute Gasteiger partial charge is 0.239 e. The van der Waals surface area contributed by atoms with Crippen LogP contribution < -0.4 is 4.90 Å². The summed E-state index contributed by atoms with van der Waals surface area (Å²) in [6.07, 6.45) is 0. The third-order valence-corrected chi connectivity index (χ3v) is 10.9. The van der Waals surface area contributed by atoms with Gasteiger partial charge in [0.25, 0.3) is 0 Å². The molecule has 1 saturated heterocycles. The Morgan fingerprint density at radius 3 is 1.33 bits per heavy atom. The first-order chi connectivity index (χ1) is 22.3. The van der Waals surface area contributed by atoms with Crippen molar-refractivity contribution in [2.75, 3.05) is 4.90 Å². The number of hydrogen-bond donors (Lipinski definition) is 0. The van der Waals surface area contributed by atoms with Gasteiger partial charge >= 0.3 is 0 Å². The third kappa shape index (κ3) is 3.58. The van der Waals surface area contributed by atoms with Gasteiger partial charge < -0.3 is 0 Å². The topological polar surface area (TPSA) is 54.5 Å². The molecular weight excluding hydrogens is 634 g/mol. The van der Waals surface area contributed by atoms with Gasteiger partial charge in [-0.1, -0.05) is 132 Å². The lowest BCUT2D eigenvalue weighted by molar-refractivity contribution is -0.130. The maximum atomic E-state index is 16.0. The number of rotatable bonds is 5. The summed E-state index contributed by atoms with van der Waals surface area (Å²) in [6, 6.07) is 43.0. The molecule has 1 heterocycles. The van der Waals surface area contributed by atoms with Gasteiger partial charge in [0.05, 0.1) is 28.4 Å². The van der Waals surface area contributed by atoms with Gasteiger partial charge in [0.1, 0.15) is 0 Å². The summed E-state index contributed by atoms with van der Waals surface area (Å²) < 4.78 is 0.642. The molecule has 46 heavy (non-hydrogen) atoms. The van der Waals surface area contributed by atoms with E-state index in [1.807, 2.05) is 117 Å². The number of aryl methyl sites for hydroxylation is 2. The van der Waals surface area contributed by atoms with E-state index in [0.29, 0.717) is 10.2 Å². The molecule has 8 rings (SSSR count). The highest BCUT2D eigenvalue weighted by atomic mass is 79.9. The standard InChI is InChI=1S/C41H30BrNO3/c1-25-17-21-27(22-18-25)33-34(28-23-19-26(2)20-24-28)41(30-13-7-4-8-14-30)36-35(40(33,39(41)46)29-11-5-3-6-12-29)37(44)43(38(36)45)32-16-10-9-15-31(32)42/h3-24,35-36H,1-2H3/t35-,36-,40-,41-/m1/s1. The first-order valence-electron chi connectivity index (χ1n) is 15.5. The van der Waals surface area contributed by atoms with Crippen LogP contribution in [0.25, 0.3) is 11.1 Å². The van der Waals surface area contributed by atoms with E-state index in [1.165, 1.54) is 4.90 Å². The number of benzene rings is 5. The second-order valence-corrected chi connectivity index (χ2v) is 13.4. The molecule has 2 fully saturated rings. The Hall–Kier alpha value is -4.87. The molecule has 5 heteroatoms. The van der Waals surface area contributed by atoms with Gasteiger partial charge in [-0.2, -0.15) is 0 Å². The molecule has 0 aromatic heterocycles. The minimum Gasteiger partial charge on any atom is -0.297 e. The van der Waals surface area contributed by atoms with Crippen molar-refractivity contribution in [2.45, 2.75) is 24.7 Å². The summed E-state index contributed by atoms with van der Waals surface area (Å²) in [5.74, 6) is -2.73. The molecular formula is C41H30BrNO3. The lowest BCUT2D eigenvalue weighted by Crippen LogP contribution is -2.45. The van der Waals surface area contributed by atoms with Crippen molar-refractivity contribution in [3.8, 4) is 0 Å². The predicted molar refractivity (Wildman–Crippen MR) is 184 cm³/mol. The average molecular weight is 665 g/mol. The molecule has 0 N–H and O–H groups in total. The van der Waals surface area contributed by atoms with Crippen LogP contribution in [-0.4, -0.2) is 17.6 Å². The number of para-hydroxylation sites is 1. The maximum Gasteiger partial charge on any atom is 0.239 e. The molecule has 2 bridgehead atoms. The monoisotopic (exact) mass is 663 g/mol. The quantitative estimate of drug-likeness (QED) is 0.178. The van der Waals surface area contributed by atoms with Gasteiger partial charge in [-0.05, 0) is 75.3 Å². The highest BCUT2D eigenvalue weighted by Crippen LogP contribution is 2.74. The molecule has 224 valence electrons. The van der Waals surface area contributed by atoms with Gasteiger partial charge in [-0.15, -0.1) is 0 Å². The summed E-state index contributed by atoms with van der Waals surface area (Å²) in [5, 5.41) is 0. The van der Waals surface area contributed by atoms with Gasteiger partial charge in [0, 0.05) is 4.47 Å². The van der Waals surface area contributed by atoms with Crippen molar-refractivity contribution in [3.63, 3.8) is 0 Å². The van der Waals surface area contributed by atoms with Crippen LogP contribution in [0.1, 0.15) is 33.4 Å². The zero-order valence-corrected chi connectivity index (χ0v) is 27.0. The summed E-state index contributed by atoms with van der Waals surface area (Å²) in [7, 11) is 0. The number of imide groups is 1. The van der Waals surface area contributed by atoms with Crippen LogP contribution in [0.15, 0.2) is 138 Å². The fourth-order valence-corrected chi connectivity index (χ4v) is 8.90. The Bertz CT molecular complexity index is 1960. The highest BCUT2D eigenvalue weighted by molar-refractivity contribution is 9.10. The number of carbonyl (C=O) groups is 3. The van der Waals surface area contributed by atoms with Crippen LogP contribution in [0, 0.1) is 25.7 Å². The molecule has 1 aliphatic heterocycles. The van der Waals surface area contributed by atoms with Crippen LogP contribution in [0.2, 0.25) is 0 Å². The number of hydrogen-bond acceptors (Lipinski definition) is 3. The van der Waals surface area contributed by atoms with E-state index in [9.17, 15) is 0 Å². The average Bonchev–Trinajstić information content (AvgIpc) is 3.59. The molecule has 4 nitrogen and oxygen atoms in total. The van der Waals surface area contributed by atoms with E-state index in [0.717, 1.165) is 44.5 Å². The van der Waals surface area contributed by atoms with E-state index >= 15 is 14.4 Å². The molecule has 0 unspecified atom stereocenters. The second kappa shape index (κ2) is 10.3. The predicted octanol–water partition coefficient (Wildman–Crippen LogP) is 8.25. The van der Waals surface area contributed by atoms with Crippen molar-refractivity contribution in [1.82, 2.24) is 0 Å². The first kappa shape index (κ1) is 28.6. The molecule has 2 aliphatic carbocycles. The molecule has 5 aromatic carbocycles. The lowest BCUT2D eigenvalue weighted by atomic mass is 9.59. The van der Waals surface area contributed by atoms with Crippen LogP contribution in [0.5, 0.6) is 0 Å². The Labute approximate surface area is 276 Å². The number of fused-ring (bicyclic) bond motifs is 5. The summed E-state index contributed by atoms with van der Waals surface area (Å²) in [4.78, 5) is 47.4. The van der Waals surface area contributed by atoms with Crippen molar-refractivity contribution in [2.24, 2.45) is 11.8 Å². The van der Waals surface area contributed by atoms with Gasteiger partial charge in [0.2, 0.25) is 11.8 Å². The van der Waals surface area contributed by atoms with Crippen LogP contribution in [0.4, 0.5) is 5.69 Å². The zero-order chi connectivity index (χ0) is 31.8. The van der Waals surface area contributed by atoms with E-state index in [2.05, 4.69) is 40.2 Å². The second-order valence-electron chi connectivity index (χ2n) is 12.6. The van der Waals surface area contributed by atoms with Gasteiger partial charge in [0.15, 0.2) is 5.78 Å². The number of carbonyl (C=O) groups excluding carboxylic acids is 3. The number of amides is 2. The van der Waals surface area contributed by atoms with Crippen LogP contribution >= 0.6 is 15.9 Å². The number of Topliss-reactive ketones (excluding diaryl/α,β-unsaturated/α-hetero) is 1. The van der Waals surface area contributed by atoms with E-state index in [4.69, 9.17) is 0 Å². The van der Waals surface area contributed by atoms with Crippen molar-refractivity contribution in [3.05, 3.63) is 171 Å². The van der Waals surface area contributed by atoms with Crippen LogP contribution in [0.3, 0.4) is 0 Å². The van der Waals surface area contributed by atoms with E-state index < -0.39 is 22.7 Å². The molecule has 2 amide bonds. The largest absolute Gasteiger partial charge is 0.297 e. The Morgan fingerprint density at radius 1 is 0.522 bits per heavy atom. The summed E-state index contributed by atoms with van der Waals surface area (Å²) in [5.41, 5.74) is 4.61. The molecule has 5 aromatic rings. The molecule has 1 saturated carbocycles. The summed E-state index contributed by atoms with van der Waals surface area (Å²) in [6.45, 7) is 4.07. The van der Waals surface area contributed by atoms with Crippen molar-refractivity contribution >= 4 is 50.4 Å². The number of halogens is 1. The first-order valence-corrected chi connectivity index (χ1v) is 16.3. The SMILES string of the molecule is Cc1ccc(C2=C(c3ccc(C)cc3)[C@@]3(c4ccccc4)C(=O)[C@@]2(c2ccccc2)[C@H]2C(=O)N(c4ccccc4Br)C(=O)[C@@H]23)cc1. The normalized spacial score (nSPS) is 25.0. The third-order valence-electron chi connectivity index (χ3n) is 10.2.